The number of hydrogen-bond acceptors (Lipinski definition) is 3. The first-order valence-corrected chi connectivity index (χ1v) is 4.20. The van der Waals surface area contributed by atoms with Gasteiger partial charge >= 0.3 is 0 Å². The minimum absolute atomic E-state index is 0.0304. The summed E-state index contributed by atoms with van der Waals surface area (Å²) in [6, 6.07) is 6.48. The van der Waals surface area contributed by atoms with Crippen LogP contribution >= 0.6 is 0 Å². The minimum atomic E-state index is -0.585. The first-order chi connectivity index (χ1) is 6.63. The summed E-state index contributed by atoms with van der Waals surface area (Å²) in [6.45, 7) is 0. The summed E-state index contributed by atoms with van der Waals surface area (Å²) in [4.78, 5) is 10.2. The highest BCUT2D eigenvalue weighted by Crippen LogP contribution is 2.05. The normalized spacial score (nSPS) is 12.1. The minimum Gasteiger partial charge on any atom is -0.384 e. The van der Waals surface area contributed by atoms with Crippen molar-refractivity contribution in [1.29, 1.82) is 5.41 Å². The number of nitrogen functional groups attached to an aromatic ring is 1. The van der Waals surface area contributed by atoms with Gasteiger partial charge in [0.2, 0.25) is 6.29 Å². The molecule has 0 aliphatic rings. The average Bonchev–Trinajstić information content (AvgIpc) is 2.18. The Morgan fingerprint density at radius 2 is 2.00 bits per heavy atom. The van der Waals surface area contributed by atoms with Gasteiger partial charge in [0, 0.05) is 5.56 Å². The van der Waals surface area contributed by atoms with E-state index in [9.17, 15) is 4.79 Å². The molecule has 0 amide bonds. The summed E-state index contributed by atoms with van der Waals surface area (Å²) < 4.78 is 0. The third kappa shape index (κ3) is 2.67. The van der Waals surface area contributed by atoms with Gasteiger partial charge in [-0.1, -0.05) is 24.3 Å². The molecule has 5 N–H and O–H groups in total. The molecular formula is C10H12N3O. The van der Waals surface area contributed by atoms with E-state index in [0.717, 1.165) is 5.56 Å². The van der Waals surface area contributed by atoms with Crippen LogP contribution in [-0.4, -0.2) is 18.2 Å². The molecule has 0 saturated heterocycles. The molecule has 0 spiro atoms. The fourth-order valence-electron chi connectivity index (χ4n) is 1.12. The summed E-state index contributed by atoms with van der Waals surface area (Å²) in [6.07, 6.45) is 2.17. The van der Waals surface area contributed by atoms with Crippen molar-refractivity contribution in [2.45, 2.75) is 12.5 Å². The second kappa shape index (κ2) is 4.53. The highest BCUT2D eigenvalue weighted by molar-refractivity contribution is 5.94. The number of carbonyl (C=O) groups excluding carboxylic acids is 1. The molecule has 1 aromatic rings. The molecule has 0 aromatic heterocycles. The van der Waals surface area contributed by atoms with Crippen LogP contribution in [0.4, 0.5) is 0 Å². The molecule has 1 rings (SSSR count). The van der Waals surface area contributed by atoms with Crippen LogP contribution in [0.25, 0.3) is 0 Å². The fourth-order valence-corrected chi connectivity index (χ4v) is 1.12. The van der Waals surface area contributed by atoms with E-state index in [0.29, 0.717) is 12.0 Å². The monoisotopic (exact) mass is 190 g/mol. The summed E-state index contributed by atoms with van der Waals surface area (Å²) in [5.74, 6) is 0.0304. The lowest BCUT2D eigenvalue weighted by atomic mass is 10.1. The van der Waals surface area contributed by atoms with E-state index in [1.807, 2.05) is 0 Å². The maximum Gasteiger partial charge on any atom is 0.217 e. The van der Waals surface area contributed by atoms with Crippen molar-refractivity contribution in [3.63, 3.8) is 0 Å². The van der Waals surface area contributed by atoms with Gasteiger partial charge in [0.1, 0.15) is 5.84 Å². The third-order valence-electron chi connectivity index (χ3n) is 1.87. The van der Waals surface area contributed by atoms with E-state index in [2.05, 4.69) is 0 Å². The van der Waals surface area contributed by atoms with Gasteiger partial charge in [-0.3, -0.25) is 10.2 Å². The summed E-state index contributed by atoms with van der Waals surface area (Å²) in [5, 5.41) is 7.17. The molecule has 1 aromatic carbocycles. The number of nitrogens with two attached hydrogens (primary N) is 2. The Morgan fingerprint density at radius 3 is 2.43 bits per heavy atom. The molecule has 0 bridgehead atoms. The molecule has 73 valence electrons. The Labute approximate surface area is 82.4 Å². The molecule has 14 heavy (non-hydrogen) atoms. The summed E-state index contributed by atoms with van der Waals surface area (Å²) in [5.41, 5.74) is 12.3. The van der Waals surface area contributed by atoms with Crippen LogP contribution in [-0.2, 0) is 11.2 Å². The van der Waals surface area contributed by atoms with E-state index < -0.39 is 6.04 Å². The van der Waals surface area contributed by atoms with Gasteiger partial charge in [-0.15, -0.1) is 0 Å². The highest BCUT2D eigenvalue weighted by atomic mass is 16.1. The molecule has 1 atom stereocenters. The van der Waals surface area contributed by atoms with Crippen LogP contribution in [0.1, 0.15) is 11.1 Å². The Bertz CT molecular complexity index is 332. The van der Waals surface area contributed by atoms with Crippen molar-refractivity contribution in [1.82, 2.24) is 0 Å². The molecule has 4 nitrogen and oxygen atoms in total. The zero-order chi connectivity index (χ0) is 10.6. The molecular weight excluding hydrogens is 178 g/mol. The Balaban J connectivity index is 2.73. The van der Waals surface area contributed by atoms with Crippen LogP contribution in [0.2, 0.25) is 0 Å². The zero-order valence-electron chi connectivity index (χ0n) is 7.66. The maximum atomic E-state index is 10.2. The molecule has 1 unspecified atom stereocenters. The van der Waals surface area contributed by atoms with Gasteiger partial charge in [-0.2, -0.15) is 0 Å². The number of hydrogen-bond donors (Lipinski definition) is 3. The quantitative estimate of drug-likeness (QED) is 0.459. The number of nitrogens with one attached hydrogen (secondary N) is 1. The van der Waals surface area contributed by atoms with Crippen molar-refractivity contribution < 1.29 is 4.79 Å². The first kappa shape index (κ1) is 10.4. The summed E-state index contributed by atoms with van der Waals surface area (Å²) >= 11 is 0. The number of rotatable bonds is 4. The van der Waals surface area contributed by atoms with Crippen molar-refractivity contribution in [2.75, 3.05) is 0 Å². The van der Waals surface area contributed by atoms with Crippen molar-refractivity contribution in [3.05, 3.63) is 35.4 Å². The Hall–Kier alpha value is -1.68. The molecule has 4 heteroatoms. The largest absolute Gasteiger partial charge is 0.384 e. The number of benzene rings is 1. The highest BCUT2D eigenvalue weighted by Gasteiger charge is 2.03. The zero-order valence-corrected chi connectivity index (χ0v) is 7.66. The van der Waals surface area contributed by atoms with Crippen molar-refractivity contribution >= 4 is 12.1 Å². The van der Waals surface area contributed by atoms with Crippen LogP contribution in [0, 0.1) is 5.41 Å². The SMILES string of the molecule is N=C(N)c1ccc(CC(N)[C]=O)cc1. The van der Waals surface area contributed by atoms with Gasteiger partial charge in [0.15, 0.2) is 0 Å². The van der Waals surface area contributed by atoms with Crippen molar-refractivity contribution in [3.8, 4) is 0 Å². The van der Waals surface area contributed by atoms with Crippen LogP contribution in [0.3, 0.4) is 0 Å². The average molecular weight is 190 g/mol. The number of amidine groups is 1. The maximum absolute atomic E-state index is 10.2. The lowest BCUT2D eigenvalue weighted by molar-refractivity contribution is 0.541. The molecule has 0 aliphatic heterocycles. The Morgan fingerprint density at radius 1 is 1.43 bits per heavy atom. The van der Waals surface area contributed by atoms with E-state index in [1.165, 1.54) is 0 Å². The lowest BCUT2D eigenvalue weighted by Gasteiger charge is -2.04. The van der Waals surface area contributed by atoms with Crippen LogP contribution in [0.5, 0.6) is 0 Å². The smallest absolute Gasteiger partial charge is 0.217 e. The molecule has 0 heterocycles. The fraction of sp³-hybridized carbons (Fsp3) is 0.200. The first-order valence-electron chi connectivity index (χ1n) is 4.20. The van der Waals surface area contributed by atoms with Gasteiger partial charge in [-0.25, -0.2) is 0 Å². The van der Waals surface area contributed by atoms with Gasteiger partial charge in [-0.05, 0) is 12.0 Å². The van der Waals surface area contributed by atoms with E-state index in [1.54, 1.807) is 30.6 Å². The predicted molar refractivity (Wildman–Crippen MR) is 54.8 cm³/mol. The van der Waals surface area contributed by atoms with Crippen LogP contribution in [0.15, 0.2) is 24.3 Å². The summed E-state index contributed by atoms with van der Waals surface area (Å²) in [7, 11) is 0. The second-order valence-corrected chi connectivity index (χ2v) is 3.04. The standard InChI is InChI=1S/C10H12N3O/c11-9(6-14)5-7-1-3-8(4-2-7)10(12)13/h1-4,9H,5,11H2,(H3,12,13). The van der Waals surface area contributed by atoms with E-state index in [4.69, 9.17) is 16.9 Å². The Kier molecular flexibility index (Phi) is 3.36. The van der Waals surface area contributed by atoms with E-state index >= 15 is 0 Å². The van der Waals surface area contributed by atoms with Crippen molar-refractivity contribution in [2.24, 2.45) is 11.5 Å². The van der Waals surface area contributed by atoms with Gasteiger partial charge in [0.25, 0.3) is 0 Å². The third-order valence-corrected chi connectivity index (χ3v) is 1.87. The van der Waals surface area contributed by atoms with Gasteiger partial charge in [0.05, 0.1) is 6.04 Å². The second-order valence-electron chi connectivity index (χ2n) is 3.04. The molecule has 0 aliphatic carbocycles. The van der Waals surface area contributed by atoms with Gasteiger partial charge < -0.3 is 11.5 Å². The topological polar surface area (TPSA) is 93.0 Å². The molecule has 0 fully saturated rings. The predicted octanol–water partition coefficient (Wildman–Crippen LogP) is -0.0498. The lowest BCUT2D eigenvalue weighted by Crippen LogP contribution is -2.24. The van der Waals surface area contributed by atoms with Crippen LogP contribution < -0.4 is 11.5 Å². The molecule has 0 saturated carbocycles. The molecule has 1 radical (unpaired) electrons. The van der Waals surface area contributed by atoms with E-state index in [-0.39, 0.29) is 5.84 Å².